The molecule has 2 rings (SSSR count). The van der Waals surface area contributed by atoms with E-state index in [4.69, 9.17) is 0 Å². The van der Waals surface area contributed by atoms with E-state index >= 15 is 0 Å². The van der Waals surface area contributed by atoms with Crippen molar-refractivity contribution in [1.82, 2.24) is 29.9 Å². The standard InChI is InChI=1S/C8H4N6/c1(7-11-3-9-4-12-7)2-8-13-5-10-6-14-8/h3-6H. The second kappa shape index (κ2) is 4.00. The number of rotatable bonds is 0. The van der Waals surface area contributed by atoms with Crippen LogP contribution in [-0.2, 0) is 0 Å². The summed E-state index contributed by atoms with van der Waals surface area (Å²) in [6.07, 6.45) is 5.52. The van der Waals surface area contributed by atoms with Crippen LogP contribution < -0.4 is 0 Å². The molecule has 0 bridgehead atoms. The Balaban J connectivity index is 2.24. The normalized spacial score (nSPS) is 8.86. The molecule has 0 aliphatic carbocycles. The van der Waals surface area contributed by atoms with Crippen molar-refractivity contribution in [2.45, 2.75) is 0 Å². The van der Waals surface area contributed by atoms with Gasteiger partial charge in [0.05, 0.1) is 0 Å². The monoisotopic (exact) mass is 184 g/mol. The third kappa shape index (κ3) is 2.04. The molecule has 0 aliphatic heterocycles. The Hall–Kier alpha value is -2.42. The van der Waals surface area contributed by atoms with Gasteiger partial charge in [-0.3, -0.25) is 0 Å². The summed E-state index contributed by atoms with van der Waals surface area (Å²) in [7, 11) is 0. The van der Waals surface area contributed by atoms with Crippen LogP contribution in [0.4, 0.5) is 0 Å². The third-order valence-electron chi connectivity index (χ3n) is 1.27. The average molecular weight is 184 g/mol. The fourth-order valence-corrected chi connectivity index (χ4v) is 0.719. The quantitative estimate of drug-likeness (QED) is 0.511. The molecule has 0 saturated carbocycles. The van der Waals surface area contributed by atoms with Gasteiger partial charge in [-0.05, 0) is 11.8 Å². The lowest BCUT2D eigenvalue weighted by Gasteiger charge is -1.85. The predicted octanol–water partition coefficient (Wildman–Crippen LogP) is -0.544. The molecule has 0 amide bonds. The van der Waals surface area contributed by atoms with Crippen LogP contribution >= 0.6 is 0 Å². The molecule has 0 unspecified atom stereocenters. The maximum Gasteiger partial charge on any atom is 0.208 e. The zero-order chi connectivity index (χ0) is 9.64. The Kier molecular flexibility index (Phi) is 2.34. The fraction of sp³-hybridized carbons (Fsp3) is 0. The molecule has 2 aromatic rings. The molecule has 66 valence electrons. The van der Waals surface area contributed by atoms with Crippen molar-refractivity contribution in [3.63, 3.8) is 0 Å². The van der Waals surface area contributed by atoms with Crippen LogP contribution in [0.1, 0.15) is 11.6 Å². The Morgan fingerprint density at radius 2 is 1.00 bits per heavy atom. The van der Waals surface area contributed by atoms with Gasteiger partial charge in [0.15, 0.2) is 0 Å². The van der Waals surface area contributed by atoms with Crippen molar-refractivity contribution in [1.29, 1.82) is 0 Å². The van der Waals surface area contributed by atoms with E-state index in [1.165, 1.54) is 25.3 Å². The van der Waals surface area contributed by atoms with Crippen LogP contribution in [0.25, 0.3) is 0 Å². The molecule has 0 aromatic carbocycles. The van der Waals surface area contributed by atoms with Gasteiger partial charge in [-0.1, -0.05) is 0 Å². The second-order valence-corrected chi connectivity index (χ2v) is 2.17. The molecule has 0 radical (unpaired) electrons. The van der Waals surface area contributed by atoms with E-state index in [0.29, 0.717) is 11.6 Å². The van der Waals surface area contributed by atoms with Gasteiger partial charge in [-0.15, -0.1) is 0 Å². The highest BCUT2D eigenvalue weighted by Crippen LogP contribution is 1.83. The van der Waals surface area contributed by atoms with E-state index in [2.05, 4.69) is 41.7 Å². The predicted molar refractivity (Wildman–Crippen MR) is 45.6 cm³/mol. The molecular weight excluding hydrogens is 180 g/mol. The summed E-state index contributed by atoms with van der Waals surface area (Å²) in [5, 5.41) is 0. The number of aromatic nitrogens is 6. The van der Waals surface area contributed by atoms with Crippen molar-refractivity contribution < 1.29 is 0 Å². The maximum absolute atomic E-state index is 3.83. The summed E-state index contributed by atoms with van der Waals surface area (Å²) in [6, 6.07) is 0. The summed E-state index contributed by atoms with van der Waals surface area (Å²) in [5.74, 6) is 6.17. The molecule has 0 fully saturated rings. The number of nitrogens with zero attached hydrogens (tertiary/aromatic N) is 6. The molecule has 6 nitrogen and oxygen atoms in total. The largest absolute Gasteiger partial charge is 0.225 e. The first kappa shape index (κ1) is 8.19. The second-order valence-electron chi connectivity index (χ2n) is 2.17. The Labute approximate surface area is 79.5 Å². The van der Waals surface area contributed by atoms with Crippen LogP contribution in [0, 0.1) is 11.8 Å². The van der Waals surface area contributed by atoms with E-state index < -0.39 is 0 Å². The molecule has 0 aliphatic rings. The number of hydrogen-bond donors (Lipinski definition) is 0. The van der Waals surface area contributed by atoms with Gasteiger partial charge in [0, 0.05) is 0 Å². The van der Waals surface area contributed by atoms with E-state index in [1.807, 2.05) is 0 Å². The fourth-order valence-electron chi connectivity index (χ4n) is 0.719. The Morgan fingerprint density at radius 3 is 1.36 bits per heavy atom. The van der Waals surface area contributed by atoms with E-state index in [9.17, 15) is 0 Å². The number of hydrogen-bond acceptors (Lipinski definition) is 6. The van der Waals surface area contributed by atoms with Crippen molar-refractivity contribution in [3.05, 3.63) is 37.0 Å². The summed E-state index contributed by atoms with van der Waals surface area (Å²) in [4.78, 5) is 22.6. The highest BCUT2D eigenvalue weighted by molar-refractivity contribution is 5.27. The van der Waals surface area contributed by atoms with Gasteiger partial charge < -0.3 is 0 Å². The summed E-state index contributed by atoms with van der Waals surface area (Å²) >= 11 is 0. The van der Waals surface area contributed by atoms with Crippen molar-refractivity contribution in [2.24, 2.45) is 0 Å². The van der Waals surface area contributed by atoms with Crippen molar-refractivity contribution >= 4 is 0 Å². The molecular formula is C8H4N6. The Morgan fingerprint density at radius 1 is 0.643 bits per heavy atom. The first-order chi connectivity index (χ1) is 6.95. The lowest BCUT2D eigenvalue weighted by Crippen LogP contribution is -1.90. The molecule has 2 aromatic heterocycles. The van der Waals surface area contributed by atoms with Gasteiger partial charge in [0.25, 0.3) is 0 Å². The van der Waals surface area contributed by atoms with Gasteiger partial charge in [0.2, 0.25) is 11.6 Å². The lowest BCUT2D eigenvalue weighted by molar-refractivity contribution is 1.01. The van der Waals surface area contributed by atoms with E-state index in [1.54, 1.807) is 0 Å². The van der Waals surface area contributed by atoms with Crippen LogP contribution in [0.15, 0.2) is 25.3 Å². The Bertz CT molecular complexity index is 414. The van der Waals surface area contributed by atoms with Crippen LogP contribution in [0.3, 0.4) is 0 Å². The van der Waals surface area contributed by atoms with E-state index in [-0.39, 0.29) is 0 Å². The minimum absolute atomic E-state index is 0.389. The van der Waals surface area contributed by atoms with Crippen LogP contribution in [0.5, 0.6) is 0 Å². The lowest BCUT2D eigenvalue weighted by atomic mass is 10.5. The average Bonchev–Trinajstić information content (AvgIpc) is 2.29. The zero-order valence-electron chi connectivity index (χ0n) is 6.99. The van der Waals surface area contributed by atoms with Gasteiger partial charge >= 0.3 is 0 Å². The smallest absolute Gasteiger partial charge is 0.208 e. The first-order valence-electron chi connectivity index (χ1n) is 3.71. The van der Waals surface area contributed by atoms with Crippen molar-refractivity contribution in [3.8, 4) is 11.8 Å². The molecule has 6 heteroatoms. The minimum atomic E-state index is 0.389. The highest BCUT2D eigenvalue weighted by atomic mass is 15.0. The molecule has 0 atom stereocenters. The summed E-state index contributed by atoms with van der Waals surface area (Å²) in [5.41, 5.74) is 0. The highest BCUT2D eigenvalue weighted by Gasteiger charge is 1.88. The first-order valence-corrected chi connectivity index (χ1v) is 3.71. The summed E-state index contributed by atoms with van der Waals surface area (Å²) in [6.45, 7) is 0. The third-order valence-corrected chi connectivity index (χ3v) is 1.27. The van der Waals surface area contributed by atoms with Crippen molar-refractivity contribution in [2.75, 3.05) is 0 Å². The van der Waals surface area contributed by atoms with Gasteiger partial charge in [-0.2, -0.15) is 0 Å². The van der Waals surface area contributed by atoms with E-state index in [0.717, 1.165) is 0 Å². The van der Waals surface area contributed by atoms with Crippen LogP contribution in [0.2, 0.25) is 0 Å². The molecule has 14 heavy (non-hydrogen) atoms. The van der Waals surface area contributed by atoms with Gasteiger partial charge in [-0.25, -0.2) is 29.9 Å². The SMILES string of the molecule is C(#Cc1ncncn1)c1ncncn1. The van der Waals surface area contributed by atoms with Gasteiger partial charge in [0.1, 0.15) is 25.3 Å². The molecule has 0 spiro atoms. The molecule has 2 heterocycles. The topological polar surface area (TPSA) is 77.3 Å². The van der Waals surface area contributed by atoms with Crippen LogP contribution in [-0.4, -0.2) is 29.9 Å². The minimum Gasteiger partial charge on any atom is -0.225 e. The maximum atomic E-state index is 3.83. The molecule has 0 saturated heterocycles. The zero-order valence-corrected chi connectivity index (χ0v) is 6.99. The summed E-state index contributed by atoms with van der Waals surface area (Å²) < 4.78 is 0. The molecule has 0 N–H and O–H groups in total.